The van der Waals surface area contributed by atoms with Crippen LogP contribution in [0.15, 0.2) is 0 Å². The number of aliphatic carboxylic acids is 1. The van der Waals surface area contributed by atoms with Crippen LogP contribution in [0.4, 0.5) is 0 Å². The molecule has 4 unspecified atom stereocenters. The first-order valence-corrected chi connectivity index (χ1v) is 5.17. The Balaban J connectivity index is 2.16. The van der Waals surface area contributed by atoms with Crippen molar-refractivity contribution in [1.82, 2.24) is 0 Å². The van der Waals surface area contributed by atoms with Crippen LogP contribution in [0.2, 0.25) is 0 Å². The zero-order valence-corrected chi connectivity index (χ0v) is 8.58. The second-order valence-electron chi connectivity index (χ2n) is 5.40. The molecule has 1 N–H and O–H groups in total. The highest BCUT2D eigenvalue weighted by Crippen LogP contribution is 2.62. The lowest BCUT2D eigenvalue weighted by Gasteiger charge is -2.61. The van der Waals surface area contributed by atoms with E-state index in [1.165, 1.54) is 6.42 Å². The summed E-state index contributed by atoms with van der Waals surface area (Å²) in [5, 5.41) is 9.02. The van der Waals surface area contributed by atoms with E-state index in [-0.39, 0.29) is 5.92 Å². The fourth-order valence-corrected chi connectivity index (χ4v) is 3.48. The Bertz CT molecular complexity index is 244. The van der Waals surface area contributed by atoms with Crippen molar-refractivity contribution in [3.8, 4) is 0 Å². The van der Waals surface area contributed by atoms with Gasteiger partial charge in [0.1, 0.15) is 0 Å². The predicted molar refractivity (Wildman–Crippen MR) is 50.3 cm³/mol. The highest BCUT2D eigenvalue weighted by atomic mass is 16.4. The Morgan fingerprint density at radius 1 is 1.38 bits per heavy atom. The first-order chi connectivity index (χ1) is 5.94. The molecule has 74 valence electrons. The Hall–Kier alpha value is -0.530. The van der Waals surface area contributed by atoms with E-state index in [1.807, 2.05) is 0 Å². The highest BCUT2D eigenvalue weighted by molar-refractivity contribution is 5.70. The number of carbonyl (C=O) groups is 1. The molecule has 3 saturated carbocycles. The minimum atomic E-state index is -0.585. The van der Waals surface area contributed by atoms with Gasteiger partial charge in [0, 0.05) is 0 Å². The molecule has 0 aliphatic heterocycles. The number of hydrogen-bond donors (Lipinski definition) is 1. The van der Waals surface area contributed by atoms with Crippen molar-refractivity contribution in [2.75, 3.05) is 0 Å². The fourth-order valence-electron chi connectivity index (χ4n) is 3.48. The second-order valence-corrected chi connectivity index (χ2v) is 5.40. The maximum Gasteiger partial charge on any atom is 0.306 e. The summed E-state index contributed by atoms with van der Waals surface area (Å²) in [4.78, 5) is 10.9. The van der Waals surface area contributed by atoms with E-state index in [1.54, 1.807) is 0 Å². The normalized spacial score (nSPS) is 46.7. The van der Waals surface area contributed by atoms with Gasteiger partial charge in [0.2, 0.25) is 0 Å². The molecule has 0 aromatic carbocycles. The topological polar surface area (TPSA) is 37.3 Å². The van der Waals surface area contributed by atoms with Gasteiger partial charge >= 0.3 is 5.97 Å². The van der Waals surface area contributed by atoms with Gasteiger partial charge < -0.3 is 5.11 Å². The maximum absolute atomic E-state index is 10.9. The van der Waals surface area contributed by atoms with Crippen molar-refractivity contribution in [3.63, 3.8) is 0 Å². The monoisotopic (exact) mass is 182 g/mol. The smallest absolute Gasteiger partial charge is 0.306 e. The molecule has 4 atom stereocenters. The Labute approximate surface area is 79.3 Å². The summed E-state index contributed by atoms with van der Waals surface area (Å²) in [6.45, 7) is 6.70. The molecule has 3 fully saturated rings. The summed E-state index contributed by atoms with van der Waals surface area (Å²) < 4.78 is 0. The second kappa shape index (κ2) is 2.49. The molecule has 0 radical (unpaired) electrons. The van der Waals surface area contributed by atoms with Gasteiger partial charge in [-0.15, -0.1) is 0 Å². The largest absolute Gasteiger partial charge is 0.481 e. The molecule has 3 rings (SSSR count). The summed E-state index contributed by atoms with van der Waals surface area (Å²) >= 11 is 0. The van der Waals surface area contributed by atoms with Crippen molar-refractivity contribution >= 4 is 5.97 Å². The van der Waals surface area contributed by atoms with Crippen LogP contribution in [0.3, 0.4) is 0 Å². The van der Waals surface area contributed by atoms with Crippen LogP contribution in [0.5, 0.6) is 0 Å². The average Bonchev–Trinajstić information content (AvgIpc) is 2.02. The van der Waals surface area contributed by atoms with Gasteiger partial charge in [0.05, 0.1) is 5.92 Å². The van der Waals surface area contributed by atoms with Gasteiger partial charge in [-0.05, 0) is 36.0 Å². The van der Waals surface area contributed by atoms with Gasteiger partial charge in [-0.1, -0.05) is 20.8 Å². The summed E-state index contributed by atoms with van der Waals surface area (Å²) in [6, 6.07) is 0. The van der Waals surface area contributed by atoms with Crippen LogP contribution < -0.4 is 0 Å². The molecule has 0 saturated heterocycles. The van der Waals surface area contributed by atoms with E-state index in [9.17, 15) is 4.79 Å². The average molecular weight is 182 g/mol. The van der Waals surface area contributed by atoms with E-state index in [0.29, 0.717) is 23.2 Å². The van der Waals surface area contributed by atoms with Gasteiger partial charge in [0.25, 0.3) is 0 Å². The molecule has 3 aliphatic carbocycles. The van der Waals surface area contributed by atoms with Crippen molar-refractivity contribution < 1.29 is 9.90 Å². The fraction of sp³-hybridized carbons (Fsp3) is 0.909. The van der Waals surface area contributed by atoms with Crippen molar-refractivity contribution in [2.45, 2.75) is 33.6 Å². The Morgan fingerprint density at radius 2 is 2.00 bits per heavy atom. The van der Waals surface area contributed by atoms with Crippen LogP contribution in [-0.2, 0) is 4.79 Å². The standard InChI is InChI=1S/C11H18O2/c1-6-8(10(12)13)4-7-5-9(6)11(7,2)3/h6-9H,4-5H2,1-3H3,(H,12,13). The minimum Gasteiger partial charge on any atom is -0.481 e. The third kappa shape index (κ3) is 1.04. The highest BCUT2D eigenvalue weighted by Gasteiger charge is 2.57. The van der Waals surface area contributed by atoms with Crippen molar-refractivity contribution in [3.05, 3.63) is 0 Å². The zero-order valence-electron chi connectivity index (χ0n) is 8.58. The Kier molecular flexibility index (Phi) is 1.73. The number of hydrogen-bond acceptors (Lipinski definition) is 1. The molecule has 0 aromatic heterocycles. The van der Waals surface area contributed by atoms with E-state index in [2.05, 4.69) is 20.8 Å². The van der Waals surface area contributed by atoms with Crippen molar-refractivity contribution in [2.24, 2.45) is 29.1 Å². The maximum atomic E-state index is 10.9. The van der Waals surface area contributed by atoms with Crippen LogP contribution in [0, 0.1) is 29.1 Å². The molecular formula is C11H18O2. The summed E-state index contributed by atoms with van der Waals surface area (Å²) in [5.41, 5.74) is 0.408. The lowest BCUT2D eigenvalue weighted by atomic mass is 9.43. The van der Waals surface area contributed by atoms with Crippen LogP contribution in [-0.4, -0.2) is 11.1 Å². The molecular weight excluding hydrogens is 164 g/mol. The van der Waals surface area contributed by atoms with E-state index in [0.717, 1.165) is 6.42 Å². The Morgan fingerprint density at radius 3 is 2.38 bits per heavy atom. The van der Waals surface area contributed by atoms with Crippen LogP contribution in [0.1, 0.15) is 33.6 Å². The molecule has 3 aliphatic rings. The van der Waals surface area contributed by atoms with E-state index < -0.39 is 5.97 Å². The lowest BCUT2D eigenvalue weighted by molar-refractivity contribution is -0.167. The van der Waals surface area contributed by atoms with Crippen LogP contribution >= 0.6 is 0 Å². The third-order valence-corrected chi connectivity index (χ3v) is 4.67. The quantitative estimate of drug-likeness (QED) is 0.676. The van der Waals surface area contributed by atoms with Gasteiger partial charge in [0.15, 0.2) is 0 Å². The molecule has 2 heteroatoms. The third-order valence-electron chi connectivity index (χ3n) is 4.67. The zero-order chi connectivity index (χ0) is 9.80. The molecule has 0 amide bonds. The van der Waals surface area contributed by atoms with Gasteiger partial charge in [-0.25, -0.2) is 0 Å². The predicted octanol–water partition coefficient (Wildman–Crippen LogP) is 2.39. The minimum absolute atomic E-state index is 0.0724. The summed E-state index contributed by atoms with van der Waals surface area (Å²) in [7, 11) is 0. The number of carboxylic acids is 1. The molecule has 0 heterocycles. The van der Waals surface area contributed by atoms with Crippen LogP contribution in [0.25, 0.3) is 0 Å². The van der Waals surface area contributed by atoms with Crippen molar-refractivity contribution in [1.29, 1.82) is 0 Å². The first-order valence-electron chi connectivity index (χ1n) is 5.17. The molecule has 0 aromatic rings. The summed E-state index contributed by atoms with van der Waals surface area (Å²) in [6.07, 6.45) is 2.16. The first kappa shape index (κ1) is 9.04. The van der Waals surface area contributed by atoms with Gasteiger partial charge in [-0.2, -0.15) is 0 Å². The summed E-state index contributed by atoms with van der Waals surface area (Å²) in [5.74, 6) is 1.02. The molecule has 2 nitrogen and oxygen atoms in total. The number of rotatable bonds is 1. The lowest BCUT2D eigenvalue weighted by Crippen LogP contribution is -2.56. The van der Waals surface area contributed by atoms with E-state index >= 15 is 0 Å². The van der Waals surface area contributed by atoms with E-state index in [4.69, 9.17) is 5.11 Å². The van der Waals surface area contributed by atoms with Gasteiger partial charge in [-0.3, -0.25) is 4.79 Å². The molecule has 2 bridgehead atoms. The number of carboxylic acid groups (broad SMARTS) is 1. The molecule has 0 spiro atoms. The SMILES string of the molecule is CC1C(C(=O)O)CC2CC1C2(C)C. The molecule has 13 heavy (non-hydrogen) atoms. The number of fused-ring (bicyclic) bond motifs is 2.